The number of nitroso groups, excluding NO2 is 1. The molecular weight excluding hydrogens is 204 g/mol. The van der Waals surface area contributed by atoms with Gasteiger partial charge in [0.15, 0.2) is 6.23 Å². The molecule has 0 spiro atoms. The molecule has 0 radical (unpaired) electrons. The minimum Gasteiger partial charge on any atom is -0.356 e. The zero-order chi connectivity index (χ0) is 10.6. The van der Waals surface area contributed by atoms with Gasteiger partial charge in [0.25, 0.3) is 0 Å². The van der Waals surface area contributed by atoms with Crippen molar-refractivity contribution in [2.24, 2.45) is 5.29 Å². The van der Waals surface area contributed by atoms with Crippen LogP contribution < -0.4 is 0 Å². The lowest BCUT2D eigenvalue weighted by Gasteiger charge is -2.21. The first-order valence-corrected chi connectivity index (χ1v) is 4.41. The third-order valence-electron chi connectivity index (χ3n) is 1.85. The summed E-state index contributed by atoms with van der Waals surface area (Å²) in [5.74, 6) is 0. The molecule has 14 heavy (non-hydrogen) atoms. The highest BCUT2D eigenvalue weighted by atomic mass is 35.5. The van der Waals surface area contributed by atoms with Crippen LogP contribution in [-0.4, -0.2) is 19.2 Å². The highest BCUT2D eigenvalue weighted by Crippen LogP contribution is 2.21. The standard InChI is InChI=1S/C9H11ClN2O2/c1-12(11-13)9(14-2)7-3-5-8(10)6-4-7/h3-6,9H,1-2H3. The first kappa shape index (κ1) is 10.9. The number of rotatable bonds is 4. The van der Waals surface area contributed by atoms with Gasteiger partial charge in [-0.05, 0) is 12.1 Å². The van der Waals surface area contributed by atoms with Gasteiger partial charge in [-0.1, -0.05) is 23.7 Å². The Kier molecular flexibility index (Phi) is 3.85. The molecule has 0 bridgehead atoms. The summed E-state index contributed by atoms with van der Waals surface area (Å²) in [6, 6.07) is 7.06. The average Bonchev–Trinajstić information content (AvgIpc) is 2.21. The number of nitrogens with zero attached hydrogens (tertiary/aromatic N) is 2. The smallest absolute Gasteiger partial charge is 0.173 e. The van der Waals surface area contributed by atoms with Crippen molar-refractivity contribution >= 4 is 11.6 Å². The summed E-state index contributed by atoms with van der Waals surface area (Å²) in [5.41, 5.74) is 0.832. The van der Waals surface area contributed by atoms with Gasteiger partial charge in [0.1, 0.15) is 0 Å². The van der Waals surface area contributed by atoms with Crippen LogP contribution in [-0.2, 0) is 4.74 Å². The molecule has 5 heteroatoms. The van der Waals surface area contributed by atoms with Gasteiger partial charge in [0.05, 0.1) is 5.29 Å². The Labute approximate surface area is 87.4 Å². The van der Waals surface area contributed by atoms with E-state index in [2.05, 4.69) is 5.29 Å². The van der Waals surface area contributed by atoms with Gasteiger partial charge in [0.2, 0.25) is 0 Å². The zero-order valence-electron chi connectivity index (χ0n) is 7.98. The Morgan fingerprint density at radius 2 is 2.00 bits per heavy atom. The fraction of sp³-hybridized carbons (Fsp3) is 0.333. The molecule has 1 rings (SSSR count). The number of ether oxygens (including phenoxy) is 1. The van der Waals surface area contributed by atoms with Crippen molar-refractivity contribution in [3.05, 3.63) is 39.8 Å². The second-order valence-electron chi connectivity index (χ2n) is 2.79. The molecule has 0 amide bonds. The maximum Gasteiger partial charge on any atom is 0.173 e. The molecule has 0 saturated carbocycles. The average molecular weight is 215 g/mol. The Balaban J connectivity index is 2.89. The van der Waals surface area contributed by atoms with Crippen molar-refractivity contribution in [3.8, 4) is 0 Å². The summed E-state index contributed by atoms with van der Waals surface area (Å²) >= 11 is 5.73. The van der Waals surface area contributed by atoms with Crippen LogP contribution in [0, 0.1) is 4.91 Å². The first-order valence-electron chi connectivity index (χ1n) is 4.03. The molecule has 0 saturated heterocycles. The van der Waals surface area contributed by atoms with Gasteiger partial charge >= 0.3 is 0 Å². The van der Waals surface area contributed by atoms with Gasteiger partial charge in [-0.2, -0.15) is 0 Å². The molecule has 0 heterocycles. The molecule has 0 aliphatic carbocycles. The van der Waals surface area contributed by atoms with Crippen molar-refractivity contribution in [2.75, 3.05) is 14.2 Å². The molecule has 0 aromatic heterocycles. The molecule has 1 atom stereocenters. The van der Waals surface area contributed by atoms with Crippen LogP contribution in [0.2, 0.25) is 5.02 Å². The Morgan fingerprint density at radius 1 is 1.43 bits per heavy atom. The van der Waals surface area contributed by atoms with E-state index >= 15 is 0 Å². The van der Waals surface area contributed by atoms with E-state index in [-0.39, 0.29) is 0 Å². The van der Waals surface area contributed by atoms with E-state index in [1.807, 2.05) is 0 Å². The monoisotopic (exact) mass is 214 g/mol. The van der Waals surface area contributed by atoms with Crippen LogP contribution in [0.5, 0.6) is 0 Å². The highest BCUT2D eigenvalue weighted by Gasteiger charge is 2.15. The number of halogens is 1. The van der Waals surface area contributed by atoms with Gasteiger partial charge < -0.3 is 4.74 Å². The molecule has 1 aromatic rings. The van der Waals surface area contributed by atoms with Crippen LogP contribution in [0.25, 0.3) is 0 Å². The van der Waals surface area contributed by atoms with Crippen molar-refractivity contribution in [3.63, 3.8) is 0 Å². The number of hydrogen-bond donors (Lipinski definition) is 0. The quantitative estimate of drug-likeness (QED) is 0.440. The highest BCUT2D eigenvalue weighted by molar-refractivity contribution is 6.30. The molecule has 1 unspecified atom stereocenters. The Hall–Kier alpha value is -1.13. The molecule has 1 aromatic carbocycles. The van der Waals surface area contributed by atoms with Crippen LogP contribution >= 0.6 is 11.6 Å². The minimum absolute atomic E-state index is 0.468. The lowest BCUT2D eigenvalue weighted by Crippen LogP contribution is -2.20. The van der Waals surface area contributed by atoms with Crippen LogP contribution in [0.4, 0.5) is 0 Å². The number of benzene rings is 1. The van der Waals surface area contributed by atoms with E-state index in [1.54, 1.807) is 31.3 Å². The summed E-state index contributed by atoms with van der Waals surface area (Å²) in [6.45, 7) is 0. The van der Waals surface area contributed by atoms with Crippen molar-refractivity contribution in [1.82, 2.24) is 5.01 Å². The molecule has 0 fully saturated rings. The summed E-state index contributed by atoms with van der Waals surface area (Å²) in [4.78, 5) is 10.3. The summed E-state index contributed by atoms with van der Waals surface area (Å²) in [7, 11) is 3.07. The van der Waals surface area contributed by atoms with E-state index in [1.165, 1.54) is 12.1 Å². The summed E-state index contributed by atoms with van der Waals surface area (Å²) < 4.78 is 5.12. The van der Waals surface area contributed by atoms with Crippen LogP contribution in [0.3, 0.4) is 0 Å². The fourth-order valence-corrected chi connectivity index (χ4v) is 1.30. The largest absolute Gasteiger partial charge is 0.356 e. The second kappa shape index (κ2) is 4.93. The molecule has 0 aliphatic heterocycles. The lowest BCUT2D eigenvalue weighted by molar-refractivity contribution is -0.0199. The fourth-order valence-electron chi connectivity index (χ4n) is 1.17. The minimum atomic E-state index is -0.468. The van der Waals surface area contributed by atoms with Gasteiger partial charge in [0, 0.05) is 24.7 Å². The maximum absolute atomic E-state index is 10.3. The third-order valence-corrected chi connectivity index (χ3v) is 2.10. The molecule has 4 nitrogen and oxygen atoms in total. The Bertz CT molecular complexity index is 302. The van der Waals surface area contributed by atoms with Crippen LogP contribution in [0.15, 0.2) is 29.6 Å². The van der Waals surface area contributed by atoms with Gasteiger partial charge in [-0.25, -0.2) is 5.01 Å². The van der Waals surface area contributed by atoms with E-state index in [0.717, 1.165) is 5.56 Å². The summed E-state index contributed by atoms with van der Waals surface area (Å²) in [5, 5.41) is 4.63. The lowest BCUT2D eigenvalue weighted by atomic mass is 10.2. The van der Waals surface area contributed by atoms with E-state index in [0.29, 0.717) is 5.02 Å². The summed E-state index contributed by atoms with van der Waals surface area (Å²) in [6.07, 6.45) is -0.468. The predicted octanol–water partition coefficient (Wildman–Crippen LogP) is 2.60. The molecule has 0 aliphatic rings. The third kappa shape index (κ3) is 2.43. The number of methoxy groups -OCH3 is 1. The van der Waals surface area contributed by atoms with Crippen molar-refractivity contribution in [1.29, 1.82) is 0 Å². The van der Waals surface area contributed by atoms with E-state index in [9.17, 15) is 4.91 Å². The predicted molar refractivity (Wildman–Crippen MR) is 54.8 cm³/mol. The normalized spacial score (nSPS) is 12.2. The van der Waals surface area contributed by atoms with E-state index < -0.39 is 6.23 Å². The second-order valence-corrected chi connectivity index (χ2v) is 3.23. The van der Waals surface area contributed by atoms with E-state index in [4.69, 9.17) is 16.3 Å². The maximum atomic E-state index is 10.3. The first-order chi connectivity index (χ1) is 6.69. The van der Waals surface area contributed by atoms with Gasteiger partial charge in [-0.3, -0.25) is 0 Å². The zero-order valence-corrected chi connectivity index (χ0v) is 8.73. The topological polar surface area (TPSA) is 41.9 Å². The van der Waals surface area contributed by atoms with Crippen molar-refractivity contribution < 1.29 is 4.74 Å². The Morgan fingerprint density at radius 3 is 2.43 bits per heavy atom. The SMILES string of the molecule is COC(c1ccc(Cl)cc1)N(C)N=O. The number of hydrogen-bond acceptors (Lipinski definition) is 3. The van der Waals surface area contributed by atoms with Crippen LogP contribution in [0.1, 0.15) is 11.8 Å². The molecular formula is C9H11ClN2O2. The molecule has 76 valence electrons. The molecule has 0 N–H and O–H groups in total. The van der Waals surface area contributed by atoms with Crippen molar-refractivity contribution in [2.45, 2.75) is 6.23 Å². The van der Waals surface area contributed by atoms with Gasteiger partial charge in [-0.15, -0.1) is 4.91 Å².